The topological polar surface area (TPSA) is 50.9 Å². The average molecular weight is 227 g/mol. The van der Waals surface area contributed by atoms with Crippen molar-refractivity contribution in [2.75, 3.05) is 11.1 Å². The van der Waals surface area contributed by atoms with Crippen molar-refractivity contribution in [3.63, 3.8) is 0 Å². The van der Waals surface area contributed by atoms with Crippen LogP contribution >= 0.6 is 0 Å². The van der Waals surface area contributed by atoms with E-state index in [-0.39, 0.29) is 0 Å². The van der Waals surface area contributed by atoms with E-state index in [4.69, 9.17) is 5.73 Å². The lowest BCUT2D eigenvalue weighted by atomic mass is 10.1. The van der Waals surface area contributed by atoms with Crippen LogP contribution < -0.4 is 11.1 Å². The van der Waals surface area contributed by atoms with E-state index >= 15 is 0 Å². The van der Waals surface area contributed by atoms with E-state index in [1.54, 1.807) is 0 Å². The number of nitrogens with one attached hydrogen (secondary N) is 1. The fraction of sp³-hybridized carbons (Fsp3) is 0.214. The molecule has 0 aliphatic rings. The lowest BCUT2D eigenvalue weighted by Gasteiger charge is -2.11. The molecule has 0 saturated carbocycles. The van der Waals surface area contributed by atoms with Gasteiger partial charge in [0.2, 0.25) is 0 Å². The summed E-state index contributed by atoms with van der Waals surface area (Å²) < 4.78 is 0. The van der Waals surface area contributed by atoms with E-state index < -0.39 is 0 Å². The van der Waals surface area contributed by atoms with Crippen molar-refractivity contribution in [3.05, 3.63) is 53.3 Å². The number of hydrogen-bond donors (Lipinski definition) is 2. The molecule has 0 radical (unpaired) electrons. The molecule has 1 heterocycles. The Morgan fingerprint density at radius 2 is 2.00 bits per heavy atom. The van der Waals surface area contributed by atoms with Gasteiger partial charge in [0.05, 0.1) is 0 Å². The zero-order valence-electron chi connectivity index (χ0n) is 10.2. The first-order valence-corrected chi connectivity index (χ1v) is 5.66. The maximum Gasteiger partial charge on any atom is 0.0404 e. The summed E-state index contributed by atoms with van der Waals surface area (Å²) in [6.07, 6.45) is 3.70. The third-order valence-corrected chi connectivity index (χ3v) is 2.86. The molecule has 0 unspecified atom stereocenters. The Hall–Kier alpha value is -2.03. The maximum atomic E-state index is 5.72. The Morgan fingerprint density at radius 1 is 1.18 bits per heavy atom. The van der Waals surface area contributed by atoms with Crippen LogP contribution in [0, 0.1) is 13.8 Å². The van der Waals surface area contributed by atoms with Crippen molar-refractivity contribution in [2.24, 2.45) is 0 Å². The summed E-state index contributed by atoms with van der Waals surface area (Å²) >= 11 is 0. The largest absolute Gasteiger partial charge is 0.399 e. The Bertz CT molecular complexity index is 521. The van der Waals surface area contributed by atoms with E-state index in [0.717, 1.165) is 23.5 Å². The molecule has 0 bridgehead atoms. The van der Waals surface area contributed by atoms with Crippen LogP contribution in [0.25, 0.3) is 0 Å². The van der Waals surface area contributed by atoms with Crippen molar-refractivity contribution in [3.8, 4) is 0 Å². The fourth-order valence-electron chi connectivity index (χ4n) is 1.78. The van der Waals surface area contributed by atoms with Crippen LogP contribution in [0.4, 0.5) is 11.4 Å². The van der Waals surface area contributed by atoms with Crippen molar-refractivity contribution in [1.29, 1.82) is 0 Å². The second kappa shape index (κ2) is 4.87. The summed E-state index contributed by atoms with van der Waals surface area (Å²) in [4.78, 5) is 4.08. The second-order valence-corrected chi connectivity index (χ2v) is 4.23. The molecule has 17 heavy (non-hydrogen) atoms. The minimum absolute atomic E-state index is 0.799. The highest BCUT2D eigenvalue weighted by Crippen LogP contribution is 2.18. The first kappa shape index (κ1) is 11.5. The number of anilines is 2. The van der Waals surface area contributed by atoms with Gasteiger partial charge in [0.25, 0.3) is 0 Å². The lowest BCUT2D eigenvalue weighted by molar-refractivity contribution is 1.09. The molecule has 0 atom stereocenters. The van der Waals surface area contributed by atoms with Gasteiger partial charge >= 0.3 is 0 Å². The molecular weight excluding hydrogens is 210 g/mol. The van der Waals surface area contributed by atoms with Gasteiger partial charge in [-0.3, -0.25) is 4.98 Å². The predicted molar refractivity (Wildman–Crippen MR) is 71.9 cm³/mol. The minimum atomic E-state index is 0.799. The van der Waals surface area contributed by atoms with Crippen molar-refractivity contribution < 1.29 is 0 Å². The number of hydrogen-bond acceptors (Lipinski definition) is 3. The summed E-state index contributed by atoms with van der Waals surface area (Å²) in [5.41, 5.74) is 11.3. The normalized spacial score (nSPS) is 10.2. The summed E-state index contributed by atoms with van der Waals surface area (Å²) in [5, 5.41) is 3.41. The third-order valence-electron chi connectivity index (χ3n) is 2.86. The number of rotatable bonds is 3. The summed E-state index contributed by atoms with van der Waals surface area (Å²) in [5.74, 6) is 0. The van der Waals surface area contributed by atoms with Gasteiger partial charge in [-0.25, -0.2) is 0 Å². The molecule has 0 fully saturated rings. The quantitative estimate of drug-likeness (QED) is 0.793. The zero-order valence-corrected chi connectivity index (χ0v) is 10.2. The second-order valence-electron chi connectivity index (χ2n) is 4.23. The smallest absolute Gasteiger partial charge is 0.0404 e. The molecule has 0 aliphatic carbocycles. The van der Waals surface area contributed by atoms with Crippen LogP contribution in [0.2, 0.25) is 0 Å². The van der Waals surface area contributed by atoms with Crippen LogP contribution in [0.15, 0.2) is 36.7 Å². The Labute approximate surface area is 102 Å². The number of nitrogens with zero attached hydrogens (tertiary/aromatic N) is 1. The number of nitrogen functional groups attached to an aromatic ring is 1. The Morgan fingerprint density at radius 3 is 2.71 bits per heavy atom. The molecule has 1 aromatic carbocycles. The number of aromatic nitrogens is 1. The maximum absolute atomic E-state index is 5.72. The van der Waals surface area contributed by atoms with Gasteiger partial charge in [-0.05, 0) is 54.8 Å². The van der Waals surface area contributed by atoms with E-state index in [1.165, 1.54) is 11.1 Å². The predicted octanol–water partition coefficient (Wildman–Crippen LogP) is 2.89. The molecular formula is C14H17N3. The monoisotopic (exact) mass is 227 g/mol. The van der Waals surface area contributed by atoms with Crippen molar-refractivity contribution >= 4 is 11.4 Å². The van der Waals surface area contributed by atoms with Crippen LogP contribution in [-0.4, -0.2) is 4.98 Å². The molecule has 88 valence electrons. The highest BCUT2D eigenvalue weighted by molar-refractivity contribution is 5.57. The number of nitrogens with two attached hydrogens (primary N) is 1. The van der Waals surface area contributed by atoms with Crippen molar-refractivity contribution in [2.45, 2.75) is 20.4 Å². The fourth-order valence-corrected chi connectivity index (χ4v) is 1.78. The first-order chi connectivity index (χ1) is 8.16. The van der Waals surface area contributed by atoms with Crippen LogP contribution in [-0.2, 0) is 6.54 Å². The van der Waals surface area contributed by atoms with Crippen LogP contribution in [0.5, 0.6) is 0 Å². The van der Waals surface area contributed by atoms with Gasteiger partial charge in [0, 0.05) is 30.3 Å². The average Bonchev–Trinajstić information content (AvgIpc) is 2.30. The van der Waals surface area contributed by atoms with Gasteiger partial charge in [-0.1, -0.05) is 0 Å². The minimum Gasteiger partial charge on any atom is -0.399 e. The Balaban J connectivity index is 2.10. The van der Waals surface area contributed by atoms with E-state index in [1.807, 2.05) is 36.7 Å². The summed E-state index contributed by atoms with van der Waals surface area (Å²) in [6, 6.07) is 7.94. The molecule has 3 heteroatoms. The Kier molecular flexibility index (Phi) is 3.28. The molecule has 0 aliphatic heterocycles. The summed E-state index contributed by atoms with van der Waals surface area (Å²) in [6.45, 7) is 4.93. The summed E-state index contributed by atoms with van der Waals surface area (Å²) in [7, 11) is 0. The molecule has 2 aromatic rings. The third kappa shape index (κ3) is 2.75. The molecule has 1 aromatic heterocycles. The first-order valence-electron chi connectivity index (χ1n) is 5.66. The number of pyridine rings is 1. The van der Waals surface area contributed by atoms with Crippen LogP contribution in [0.3, 0.4) is 0 Å². The standard InChI is InChI=1S/C14H17N3/c1-10-7-13(15)3-4-14(10)17-9-12-5-6-16-8-11(12)2/h3-8,17H,9,15H2,1-2H3. The SMILES string of the molecule is Cc1cnccc1CNc1ccc(N)cc1C. The van der Waals surface area contributed by atoms with E-state index in [9.17, 15) is 0 Å². The molecule has 0 amide bonds. The molecule has 2 rings (SSSR count). The highest BCUT2D eigenvalue weighted by atomic mass is 14.9. The lowest BCUT2D eigenvalue weighted by Crippen LogP contribution is -2.03. The van der Waals surface area contributed by atoms with Gasteiger partial charge in [-0.15, -0.1) is 0 Å². The zero-order chi connectivity index (χ0) is 12.3. The number of aryl methyl sites for hydroxylation is 2. The highest BCUT2D eigenvalue weighted by Gasteiger charge is 2.00. The molecule has 3 N–H and O–H groups in total. The molecule has 0 spiro atoms. The van der Waals surface area contributed by atoms with E-state index in [0.29, 0.717) is 0 Å². The van der Waals surface area contributed by atoms with Gasteiger partial charge in [0.1, 0.15) is 0 Å². The molecule has 0 saturated heterocycles. The van der Waals surface area contributed by atoms with Gasteiger partial charge in [0.15, 0.2) is 0 Å². The van der Waals surface area contributed by atoms with Crippen molar-refractivity contribution in [1.82, 2.24) is 4.98 Å². The number of benzene rings is 1. The van der Waals surface area contributed by atoms with Gasteiger partial charge < -0.3 is 11.1 Å². The van der Waals surface area contributed by atoms with E-state index in [2.05, 4.69) is 24.1 Å². The van der Waals surface area contributed by atoms with Gasteiger partial charge in [-0.2, -0.15) is 0 Å². The van der Waals surface area contributed by atoms with Crippen LogP contribution in [0.1, 0.15) is 16.7 Å². The molecule has 3 nitrogen and oxygen atoms in total.